The molecule has 1 heterocycles. The Balaban J connectivity index is 1.86. The molecule has 1 aliphatic heterocycles. The van der Waals surface area contributed by atoms with Crippen LogP contribution in [0.4, 0.5) is 0 Å². The molecule has 0 aliphatic carbocycles. The fraction of sp³-hybridized carbons (Fsp3) is 0.562. The summed E-state index contributed by atoms with van der Waals surface area (Å²) in [4.78, 5) is 15.3. The smallest absolute Gasteiger partial charge is 0.317 e. The van der Waals surface area contributed by atoms with Crippen molar-refractivity contribution in [2.45, 2.75) is 32.4 Å². The van der Waals surface area contributed by atoms with E-state index in [1.54, 1.807) is 0 Å². The number of carboxylic acids is 1. The van der Waals surface area contributed by atoms with E-state index in [9.17, 15) is 4.79 Å². The second kappa shape index (κ2) is 8.16. The Kier molecular flexibility index (Phi) is 6.50. The molecule has 1 fully saturated rings. The highest BCUT2D eigenvalue weighted by atomic mass is 35.5. The molecule has 1 N–H and O–H groups in total. The summed E-state index contributed by atoms with van der Waals surface area (Å²) in [6.45, 7) is 5.74. The summed E-state index contributed by atoms with van der Waals surface area (Å²) in [6.07, 6.45) is 2.00. The number of hydrogen-bond donors (Lipinski definition) is 1. The van der Waals surface area contributed by atoms with Crippen LogP contribution >= 0.6 is 23.2 Å². The van der Waals surface area contributed by atoms with Gasteiger partial charge in [-0.2, -0.15) is 0 Å². The van der Waals surface area contributed by atoms with Crippen LogP contribution in [0.15, 0.2) is 18.2 Å². The molecule has 0 spiro atoms. The zero-order chi connectivity index (χ0) is 16.1. The Morgan fingerprint density at radius 2 is 2.00 bits per heavy atom. The largest absolute Gasteiger partial charge is 0.480 e. The van der Waals surface area contributed by atoms with E-state index < -0.39 is 5.97 Å². The van der Waals surface area contributed by atoms with E-state index in [1.165, 1.54) is 0 Å². The minimum atomic E-state index is -0.750. The number of carbonyl (C=O) groups is 1. The highest BCUT2D eigenvalue weighted by Crippen LogP contribution is 2.24. The van der Waals surface area contributed by atoms with Crippen molar-refractivity contribution in [2.24, 2.45) is 0 Å². The average molecular weight is 345 g/mol. The highest BCUT2D eigenvalue weighted by molar-refractivity contribution is 6.42. The number of likely N-dealkylation sites (N-methyl/N-ethyl adjacent to an activating group) is 1. The van der Waals surface area contributed by atoms with Gasteiger partial charge in [-0.25, -0.2) is 0 Å². The molecule has 6 heteroatoms. The number of halogens is 2. The van der Waals surface area contributed by atoms with Crippen LogP contribution in [0.1, 0.15) is 25.3 Å². The third kappa shape index (κ3) is 4.85. The number of aliphatic carboxylic acids is 1. The van der Waals surface area contributed by atoms with E-state index >= 15 is 0 Å². The molecule has 0 amide bonds. The van der Waals surface area contributed by atoms with Crippen molar-refractivity contribution in [3.8, 4) is 0 Å². The topological polar surface area (TPSA) is 43.8 Å². The lowest BCUT2D eigenvalue weighted by molar-refractivity contribution is -0.139. The van der Waals surface area contributed by atoms with Crippen LogP contribution in [-0.2, 0) is 11.3 Å². The Bertz CT molecular complexity index is 517. The lowest BCUT2D eigenvalue weighted by Crippen LogP contribution is -2.46. The van der Waals surface area contributed by atoms with Gasteiger partial charge in [0.15, 0.2) is 0 Å². The SMILES string of the molecule is CCN(CC(=O)O)C1CCN(Cc2ccc(Cl)c(Cl)c2)CC1. The van der Waals surface area contributed by atoms with E-state index in [0.29, 0.717) is 16.1 Å². The minimum Gasteiger partial charge on any atom is -0.480 e. The van der Waals surface area contributed by atoms with Crippen molar-refractivity contribution in [1.82, 2.24) is 9.80 Å². The average Bonchev–Trinajstić information content (AvgIpc) is 2.49. The van der Waals surface area contributed by atoms with Crippen LogP contribution in [0, 0.1) is 0 Å². The first-order valence-corrected chi connectivity index (χ1v) is 8.37. The fourth-order valence-electron chi connectivity index (χ4n) is 3.01. The van der Waals surface area contributed by atoms with Crippen LogP contribution in [0.5, 0.6) is 0 Å². The van der Waals surface area contributed by atoms with E-state index in [0.717, 1.165) is 44.6 Å². The molecule has 2 rings (SSSR count). The number of hydrogen-bond acceptors (Lipinski definition) is 3. The van der Waals surface area contributed by atoms with E-state index in [-0.39, 0.29) is 6.54 Å². The molecule has 0 saturated carbocycles. The van der Waals surface area contributed by atoms with E-state index in [4.69, 9.17) is 28.3 Å². The van der Waals surface area contributed by atoms with Gasteiger partial charge < -0.3 is 5.11 Å². The fourth-order valence-corrected chi connectivity index (χ4v) is 3.33. The number of nitrogens with zero attached hydrogens (tertiary/aromatic N) is 2. The molecule has 1 aliphatic rings. The van der Waals surface area contributed by atoms with Crippen molar-refractivity contribution < 1.29 is 9.90 Å². The molecule has 1 aromatic carbocycles. The third-order valence-electron chi connectivity index (χ3n) is 4.21. The molecule has 0 unspecified atom stereocenters. The van der Waals surface area contributed by atoms with Crippen LogP contribution < -0.4 is 0 Å². The van der Waals surface area contributed by atoms with Gasteiger partial charge >= 0.3 is 5.97 Å². The maximum absolute atomic E-state index is 10.9. The van der Waals surface area contributed by atoms with Crippen LogP contribution in [0.2, 0.25) is 10.0 Å². The van der Waals surface area contributed by atoms with Crippen LogP contribution in [-0.4, -0.2) is 53.1 Å². The quantitative estimate of drug-likeness (QED) is 0.859. The predicted molar refractivity (Wildman–Crippen MR) is 89.6 cm³/mol. The number of piperidine rings is 1. The van der Waals surface area contributed by atoms with Gasteiger partial charge in [0.05, 0.1) is 16.6 Å². The second-order valence-corrected chi connectivity index (χ2v) is 6.53. The summed E-state index contributed by atoms with van der Waals surface area (Å²) in [5, 5.41) is 10.1. The Morgan fingerprint density at radius 3 is 2.55 bits per heavy atom. The second-order valence-electron chi connectivity index (χ2n) is 5.71. The summed E-state index contributed by atoms with van der Waals surface area (Å²) in [7, 11) is 0. The first-order chi connectivity index (χ1) is 10.5. The normalized spacial score (nSPS) is 17.1. The number of carboxylic acid groups (broad SMARTS) is 1. The summed E-state index contributed by atoms with van der Waals surface area (Å²) in [5.41, 5.74) is 1.16. The molecule has 22 heavy (non-hydrogen) atoms. The summed E-state index contributed by atoms with van der Waals surface area (Å²) in [5.74, 6) is -0.750. The lowest BCUT2D eigenvalue weighted by atomic mass is 10.0. The Labute approximate surface area is 141 Å². The molecule has 122 valence electrons. The molecule has 0 atom stereocenters. The zero-order valence-electron chi connectivity index (χ0n) is 12.8. The molecule has 0 aromatic heterocycles. The Hall–Kier alpha value is -0.810. The monoisotopic (exact) mass is 344 g/mol. The molecule has 1 saturated heterocycles. The number of likely N-dealkylation sites (tertiary alicyclic amines) is 1. The molecule has 4 nitrogen and oxygen atoms in total. The lowest BCUT2D eigenvalue weighted by Gasteiger charge is -2.37. The van der Waals surface area contributed by atoms with Gasteiger partial charge in [-0.05, 0) is 50.2 Å². The van der Waals surface area contributed by atoms with Crippen molar-refractivity contribution >= 4 is 29.2 Å². The van der Waals surface area contributed by atoms with Crippen molar-refractivity contribution in [3.63, 3.8) is 0 Å². The predicted octanol–water partition coefficient (Wildman–Crippen LogP) is 3.36. The van der Waals surface area contributed by atoms with E-state index in [1.807, 2.05) is 25.1 Å². The van der Waals surface area contributed by atoms with Crippen molar-refractivity contribution in [2.75, 3.05) is 26.2 Å². The summed E-state index contributed by atoms with van der Waals surface area (Å²) >= 11 is 12.0. The molecule has 0 radical (unpaired) electrons. The molecule has 0 bridgehead atoms. The summed E-state index contributed by atoms with van der Waals surface area (Å²) in [6, 6.07) is 6.12. The zero-order valence-corrected chi connectivity index (χ0v) is 14.3. The first kappa shape index (κ1) is 17.5. The van der Waals surface area contributed by atoms with Gasteiger partial charge in [0, 0.05) is 12.6 Å². The van der Waals surface area contributed by atoms with Gasteiger partial charge in [-0.3, -0.25) is 14.6 Å². The maximum atomic E-state index is 10.9. The van der Waals surface area contributed by atoms with Crippen molar-refractivity contribution in [3.05, 3.63) is 33.8 Å². The maximum Gasteiger partial charge on any atom is 0.317 e. The Morgan fingerprint density at radius 1 is 1.32 bits per heavy atom. The first-order valence-electron chi connectivity index (χ1n) is 7.61. The van der Waals surface area contributed by atoms with Crippen LogP contribution in [0.3, 0.4) is 0 Å². The van der Waals surface area contributed by atoms with Gasteiger partial charge in [-0.1, -0.05) is 36.2 Å². The molecular weight excluding hydrogens is 323 g/mol. The standard InChI is InChI=1S/C16H22Cl2N2O2/c1-2-20(11-16(21)22)13-5-7-19(8-6-13)10-12-3-4-14(17)15(18)9-12/h3-4,9,13H,2,5-8,10-11H2,1H3,(H,21,22). The highest BCUT2D eigenvalue weighted by Gasteiger charge is 2.25. The molecular formula is C16H22Cl2N2O2. The number of rotatable bonds is 6. The number of benzene rings is 1. The summed E-state index contributed by atoms with van der Waals surface area (Å²) < 4.78 is 0. The van der Waals surface area contributed by atoms with Gasteiger partial charge in [0.1, 0.15) is 0 Å². The van der Waals surface area contributed by atoms with Gasteiger partial charge in [0.2, 0.25) is 0 Å². The van der Waals surface area contributed by atoms with Gasteiger partial charge in [0.25, 0.3) is 0 Å². The molecule has 1 aromatic rings. The van der Waals surface area contributed by atoms with Gasteiger partial charge in [-0.15, -0.1) is 0 Å². The minimum absolute atomic E-state index is 0.133. The van der Waals surface area contributed by atoms with Crippen molar-refractivity contribution in [1.29, 1.82) is 0 Å². The van der Waals surface area contributed by atoms with E-state index in [2.05, 4.69) is 9.80 Å². The van der Waals surface area contributed by atoms with Crippen LogP contribution in [0.25, 0.3) is 0 Å². The third-order valence-corrected chi connectivity index (χ3v) is 4.95.